The van der Waals surface area contributed by atoms with Crippen molar-refractivity contribution in [2.45, 2.75) is 46.1 Å². The van der Waals surface area contributed by atoms with Crippen molar-refractivity contribution >= 4 is 29.0 Å². The molecule has 0 unspecified atom stereocenters. The van der Waals surface area contributed by atoms with Gasteiger partial charge < -0.3 is 15.1 Å². The highest BCUT2D eigenvalue weighted by atomic mass is 32.1. The monoisotopic (exact) mass is 503 g/mol. The van der Waals surface area contributed by atoms with Crippen LogP contribution < -0.4 is 5.32 Å². The van der Waals surface area contributed by atoms with Gasteiger partial charge in [-0.2, -0.15) is 13.2 Å². The quantitative estimate of drug-likeness (QED) is 0.379. The van der Waals surface area contributed by atoms with Gasteiger partial charge in [-0.05, 0) is 50.6 Å². The molecule has 1 N–H and O–H groups in total. The summed E-state index contributed by atoms with van der Waals surface area (Å²) in [5.74, 6) is -0.298. The molecule has 0 aliphatic rings. The Morgan fingerprint density at radius 3 is 2.20 bits per heavy atom. The van der Waals surface area contributed by atoms with Gasteiger partial charge in [0.15, 0.2) is 0 Å². The number of thiophene rings is 1. The van der Waals surface area contributed by atoms with Crippen molar-refractivity contribution in [1.29, 1.82) is 0 Å². The fraction of sp³-hybridized carbons (Fsp3) is 0.308. The lowest BCUT2D eigenvalue weighted by atomic mass is 10.1. The number of alkyl halides is 3. The summed E-state index contributed by atoms with van der Waals surface area (Å²) in [6, 6.07) is 17.0. The van der Waals surface area contributed by atoms with Crippen molar-refractivity contribution < 1.29 is 22.8 Å². The van der Waals surface area contributed by atoms with Crippen LogP contribution in [0.4, 0.5) is 23.7 Å². The van der Waals surface area contributed by atoms with Gasteiger partial charge in [-0.1, -0.05) is 42.5 Å². The molecule has 0 aliphatic carbocycles. The first-order chi connectivity index (χ1) is 16.5. The van der Waals surface area contributed by atoms with Gasteiger partial charge >= 0.3 is 12.2 Å². The van der Waals surface area contributed by atoms with Crippen molar-refractivity contribution in [3.63, 3.8) is 0 Å². The van der Waals surface area contributed by atoms with Crippen LogP contribution >= 0.6 is 11.3 Å². The summed E-state index contributed by atoms with van der Waals surface area (Å²) >= 11 is 1.59. The number of amides is 3. The van der Waals surface area contributed by atoms with E-state index in [2.05, 4.69) is 5.32 Å². The molecule has 0 aliphatic heterocycles. The topological polar surface area (TPSA) is 52.7 Å². The molecule has 1 aromatic heterocycles. The van der Waals surface area contributed by atoms with E-state index in [4.69, 9.17) is 0 Å². The smallest absolute Gasteiger partial charge is 0.332 e. The number of carbonyl (C=O) groups is 2. The Bertz CT molecular complexity index is 1150. The molecule has 0 atom stereocenters. The standard InChI is InChI=1S/C26H28F3N3O2S/c1-18(2)32(25(34)30-23-12-8-7-11-22(23)26(27,28)29)17-24(33)31(15-20-9-5-4-6-10-20)16-21-14-13-19(3)35-21/h4-14,18H,15-17H2,1-3H3,(H,30,34). The van der Waals surface area contributed by atoms with Gasteiger partial charge in [-0.15, -0.1) is 11.3 Å². The minimum atomic E-state index is -4.62. The number of benzene rings is 2. The molecule has 1 heterocycles. The molecule has 0 radical (unpaired) electrons. The lowest BCUT2D eigenvalue weighted by molar-refractivity contribution is -0.137. The first kappa shape index (κ1) is 26.3. The summed E-state index contributed by atoms with van der Waals surface area (Å²) in [4.78, 5) is 31.4. The zero-order valence-electron chi connectivity index (χ0n) is 19.8. The third-order valence-electron chi connectivity index (χ3n) is 5.38. The SMILES string of the molecule is Cc1ccc(CN(Cc2ccccc2)C(=O)CN(C(=O)Nc2ccccc2C(F)(F)F)C(C)C)s1. The fourth-order valence-corrected chi connectivity index (χ4v) is 4.46. The maximum absolute atomic E-state index is 13.4. The second kappa shape index (κ2) is 11.4. The Morgan fingerprint density at radius 2 is 1.60 bits per heavy atom. The number of halogens is 3. The van der Waals surface area contributed by atoms with E-state index in [9.17, 15) is 22.8 Å². The normalized spacial score (nSPS) is 11.4. The van der Waals surface area contributed by atoms with Gasteiger partial charge in [0.1, 0.15) is 6.54 Å². The molecule has 5 nitrogen and oxygen atoms in total. The van der Waals surface area contributed by atoms with Crippen molar-refractivity contribution in [3.8, 4) is 0 Å². The number of anilines is 1. The molecule has 9 heteroatoms. The summed E-state index contributed by atoms with van der Waals surface area (Å²) in [5.41, 5.74) is -0.353. The van der Waals surface area contributed by atoms with E-state index in [0.29, 0.717) is 13.1 Å². The highest BCUT2D eigenvalue weighted by Gasteiger charge is 2.34. The molecule has 0 bridgehead atoms. The second-order valence-electron chi connectivity index (χ2n) is 8.44. The van der Waals surface area contributed by atoms with Crippen molar-refractivity contribution in [2.75, 3.05) is 11.9 Å². The molecule has 0 saturated heterocycles. The molecule has 35 heavy (non-hydrogen) atoms. The van der Waals surface area contributed by atoms with Crippen LogP contribution in [0.5, 0.6) is 0 Å². The number of para-hydroxylation sites is 1. The van der Waals surface area contributed by atoms with E-state index in [1.54, 1.807) is 30.1 Å². The van der Waals surface area contributed by atoms with Crippen LogP contribution in [0.15, 0.2) is 66.7 Å². The zero-order valence-corrected chi connectivity index (χ0v) is 20.6. The van der Waals surface area contributed by atoms with E-state index in [0.717, 1.165) is 21.4 Å². The maximum atomic E-state index is 13.4. The minimum absolute atomic E-state index is 0.269. The van der Waals surface area contributed by atoms with E-state index in [1.807, 2.05) is 49.4 Å². The molecule has 0 fully saturated rings. The Balaban J connectivity index is 1.79. The van der Waals surface area contributed by atoms with Crippen LogP contribution in [-0.2, 0) is 24.1 Å². The third-order valence-corrected chi connectivity index (χ3v) is 6.36. The molecule has 0 saturated carbocycles. The van der Waals surface area contributed by atoms with Crippen LogP contribution in [0.2, 0.25) is 0 Å². The molecule has 186 valence electrons. The predicted octanol–water partition coefficient (Wildman–Crippen LogP) is 6.55. The molecule has 3 aromatic rings. The third kappa shape index (κ3) is 7.32. The largest absolute Gasteiger partial charge is 0.418 e. The number of nitrogens with one attached hydrogen (secondary N) is 1. The summed E-state index contributed by atoms with van der Waals surface area (Å²) in [6.07, 6.45) is -4.62. The minimum Gasteiger partial charge on any atom is -0.332 e. The van der Waals surface area contributed by atoms with Gasteiger partial charge in [-0.25, -0.2) is 4.79 Å². The Morgan fingerprint density at radius 1 is 0.943 bits per heavy atom. The molecule has 2 aromatic carbocycles. The molecule has 0 spiro atoms. The number of aryl methyl sites for hydroxylation is 1. The second-order valence-corrected chi connectivity index (χ2v) is 9.82. The van der Waals surface area contributed by atoms with Crippen molar-refractivity contribution in [3.05, 3.63) is 87.6 Å². The number of hydrogen-bond donors (Lipinski definition) is 1. The number of nitrogens with zero attached hydrogens (tertiary/aromatic N) is 2. The van der Waals surface area contributed by atoms with Crippen molar-refractivity contribution in [2.24, 2.45) is 0 Å². The van der Waals surface area contributed by atoms with Crippen LogP contribution in [-0.4, -0.2) is 34.3 Å². The van der Waals surface area contributed by atoms with E-state index in [1.165, 1.54) is 23.1 Å². The zero-order chi connectivity index (χ0) is 25.6. The van der Waals surface area contributed by atoms with Gasteiger partial charge in [0.25, 0.3) is 0 Å². The average molecular weight is 504 g/mol. The number of rotatable bonds is 8. The average Bonchev–Trinajstić information content (AvgIpc) is 3.21. The number of hydrogen-bond acceptors (Lipinski definition) is 3. The van der Waals surface area contributed by atoms with Crippen LogP contribution in [0.25, 0.3) is 0 Å². The highest BCUT2D eigenvalue weighted by Crippen LogP contribution is 2.34. The Kier molecular flexibility index (Phi) is 8.56. The number of carbonyl (C=O) groups excluding carboxylic acids is 2. The number of urea groups is 1. The molecular weight excluding hydrogens is 475 g/mol. The Labute approximate surface area is 207 Å². The summed E-state index contributed by atoms with van der Waals surface area (Å²) in [7, 11) is 0. The molecule has 3 rings (SSSR count). The van der Waals surface area contributed by atoms with Gasteiger partial charge in [-0.3, -0.25) is 4.79 Å². The molecule has 3 amide bonds. The molecular formula is C26H28F3N3O2S. The first-order valence-electron chi connectivity index (χ1n) is 11.2. The van der Waals surface area contributed by atoms with Crippen LogP contribution in [0, 0.1) is 6.92 Å². The van der Waals surface area contributed by atoms with Gasteiger partial charge in [0, 0.05) is 22.3 Å². The Hall–Kier alpha value is -3.33. The lowest BCUT2D eigenvalue weighted by Gasteiger charge is -2.30. The van der Waals surface area contributed by atoms with Gasteiger partial charge in [0.2, 0.25) is 5.91 Å². The fourth-order valence-electron chi connectivity index (χ4n) is 3.56. The van der Waals surface area contributed by atoms with Crippen LogP contribution in [0.1, 0.15) is 34.7 Å². The van der Waals surface area contributed by atoms with Crippen LogP contribution in [0.3, 0.4) is 0 Å². The lowest BCUT2D eigenvalue weighted by Crippen LogP contribution is -2.47. The summed E-state index contributed by atoms with van der Waals surface area (Å²) in [5, 5.41) is 2.34. The maximum Gasteiger partial charge on any atom is 0.418 e. The van der Waals surface area contributed by atoms with E-state index < -0.39 is 23.8 Å². The van der Waals surface area contributed by atoms with Crippen molar-refractivity contribution in [1.82, 2.24) is 9.80 Å². The van der Waals surface area contributed by atoms with E-state index >= 15 is 0 Å². The van der Waals surface area contributed by atoms with E-state index in [-0.39, 0.29) is 18.1 Å². The highest BCUT2D eigenvalue weighted by molar-refractivity contribution is 7.11. The summed E-state index contributed by atoms with van der Waals surface area (Å²) in [6.45, 7) is 5.87. The van der Waals surface area contributed by atoms with Gasteiger partial charge in [0.05, 0.1) is 17.8 Å². The first-order valence-corrected chi connectivity index (χ1v) is 12.0. The summed E-state index contributed by atoms with van der Waals surface area (Å²) < 4.78 is 40.1. The predicted molar refractivity (Wildman–Crippen MR) is 132 cm³/mol.